The molecule has 0 radical (unpaired) electrons. The summed E-state index contributed by atoms with van der Waals surface area (Å²) in [6, 6.07) is 13.3. The summed E-state index contributed by atoms with van der Waals surface area (Å²) < 4.78 is 0. The van der Waals surface area contributed by atoms with Crippen molar-refractivity contribution in [3.05, 3.63) is 59.2 Å². The smallest absolute Gasteiger partial charge is 0.248 e. The monoisotopic (exact) mass is 240 g/mol. The number of aryl methyl sites for hydroxylation is 2. The predicted octanol–water partition coefficient (Wildman–Crippen LogP) is 3.15. The van der Waals surface area contributed by atoms with Crippen molar-refractivity contribution >= 4 is 17.3 Å². The molecule has 0 aliphatic heterocycles. The summed E-state index contributed by atoms with van der Waals surface area (Å²) in [6.45, 7) is 4.13. The van der Waals surface area contributed by atoms with Crippen molar-refractivity contribution < 1.29 is 4.79 Å². The van der Waals surface area contributed by atoms with Crippen LogP contribution in [-0.4, -0.2) is 5.91 Å². The van der Waals surface area contributed by atoms with Crippen molar-refractivity contribution in [2.75, 3.05) is 5.32 Å². The summed E-state index contributed by atoms with van der Waals surface area (Å²) in [6.07, 6.45) is 0. The molecular weight excluding hydrogens is 224 g/mol. The fraction of sp³-hybridized carbons (Fsp3) is 0.133. The number of benzene rings is 2. The molecule has 0 unspecified atom stereocenters. The SMILES string of the molecule is Cc1cccc(C)c1Nc1ccc(C(N)=O)cc1. The highest BCUT2D eigenvalue weighted by molar-refractivity contribution is 5.93. The number of nitrogens with one attached hydrogen (secondary N) is 1. The lowest BCUT2D eigenvalue weighted by molar-refractivity contribution is 0.100. The van der Waals surface area contributed by atoms with Crippen LogP contribution in [0.15, 0.2) is 42.5 Å². The lowest BCUT2D eigenvalue weighted by atomic mass is 10.1. The molecule has 2 rings (SSSR count). The molecular formula is C15H16N2O. The minimum absolute atomic E-state index is 0.409. The third kappa shape index (κ3) is 2.51. The first-order valence-electron chi connectivity index (χ1n) is 5.81. The van der Waals surface area contributed by atoms with Crippen LogP contribution in [0, 0.1) is 13.8 Å². The van der Waals surface area contributed by atoms with E-state index in [2.05, 4.69) is 31.3 Å². The molecule has 0 saturated heterocycles. The Hall–Kier alpha value is -2.29. The summed E-state index contributed by atoms with van der Waals surface area (Å²) in [4.78, 5) is 11.0. The molecule has 0 aliphatic rings. The van der Waals surface area contributed by atoms with Gasteiger partial charge in [-0.3, -0.25) is 4.79 Å². The summed E-state index contributed by atoms with van der Waals surface area (Å²) in [5.74, 6) is -0.409. The zero-order chi connectivity index (χ0) is 13.1. The quantitative estimate of drug-likeness (QED) is 0.865. The van der Waals surface area contributed by atoms with Crippen LogP contribution in [0.2, 0.25) is 0 Å². The van der Waals surface area contributed by atoms with Crippen LogP contribution in [0.5, 0.6) is 0 Å². The van der Waals surface area contributed by atoms with Crippen LogP contribution in [0.4, 0.5) is 11.4 Å². The molecule has 3 nitrogen and oxygen atoms in total. The minimum Gasteiger partial charge on any atom is -0.366 e. The van der Waals surface area contributed by atoms with Gasteiger partial charge >= 0.3 is 0 Å². The number of primary amides is 1. The zero-order valence-corrected chi connectivity index (χ0v) is 10.5. The number of nitrogens with two attached hydrogens (primary N) is 1. The van der Waals surface area contributed by atoms with Gasteiger partial charge in [-0.2, -0.15) is 0 Å². The van der Waals surface area contributed by atoms with Gasteiger partial charge in [0.2, 0.25) is 5.91 Å². The Balaban J connectivity index is 2.26. The molecule has 2 aromatic carbocycles. The maximum Gasteiger partial charge on any atom is 0.248 e. The Morgan fingerprint density at radius 3 is 2.06 bits per heavy atom. The Morgan fingerprint density at radius 2 is 1.56 bits per heavy atom. The van der Waals surface area contributed by atoms with Gasteiger partial charge in [0.25, 0.3) is 0 Å². The largest absolute Gasteiger partial charge is 0.366 e. The van der Waals surface area contributed by atoms with E-state index in [-0.39, 0.29) is 0 Å². The van der Waals surface area contributed by atoms with Gasteiger partial charge in [-0.15, -0.1) is 0 Å². The number of hydrogen-bond acceptors (Lipinski definition) is 2. The Kier molecular flexibility index (Phi) is 3.33. The molecule has 92 valence electrons. The minimum atomic E-state index is -0.409. The first-order valence-corrected chi connectivity index (χ1v) is 5.81. The maximum atomic E-state index is 11.0. The Bertz CT molecular complexity index is 553. The average molecular weight is 240 g/mol. The van der Waals surface area contributed by atoms with Crippen LogP contribution in [0.1, 0.15) is 21.5 Å². The van der Waals surface area contributed by atoms with Gasteiger partial charge in [0.05, 0.1) is 0 Å². The van der Waals surface area contributed by atoms with Crippen LogP contribution in [0.25, 0.3) is 0 Å². The third-order valence-electron chi connectivity index (χ3n) is 2.92. The van der Waals surface area contributed by atoms with Gasteiger partial charge in [0, 0.05) is 16.9 Å². The molecule has 1 amide bonds. The van der Waals surface area contributed by atoms with Crippen molar-refractivity contribution in [3.63, 3.8) is 0 Å². The van der Waals surface area contributed by atoms with E-state index in [0.29, 0.717) is 5.56 Å². The van der Waals surface area contributed by atoms with E-state index in [4.69, 9.17) is 5.73 Å². The van der Waals surface area contributed by atoms with Gasteiger partial charge in [-0.05, 0) is 49.2 Å². The number of rotatable bonds is 3. The van der Waals surface area contributed by atoms with E-state index in [9.17, 15) is 4.79 Å². The lowest BCUT2D eigenvalue weighted by Gasteiger charge is -2.12. The summed E-state index contributed by atoms with van der Waals surface area (Å²) in [5.41, 5.74) is 10.1. The first kappa shape index (κ1) is 12.2. The molecule has 0 atom stereocenters. The Labute approximate surface area is 107 Å². The maximum absolute atomic E-state index is 11.0. The number of anilines is 2. The average Bonchev–Trinajstić information content (AvgIpc) is 2.34. The number of amides is 1. The molecule has 0 saturated carbocycles. The molecule has 3 heteroatoms. The van der Waals surface area contributed by atoms with E-state index in [0.717, 1.165) is 11.4 Å². The van der Waals surface area contributed by atoms with Crippen LogP contribution < -0.4 is 11.1 Å². The van der Waals surface area contributed by atoms with Crippen LogP contribution >= 0.6 is 0 Å². The van der Waals surface area contributed by atoms with Crippen molar-refractivity contribution in [1.82, 2.24) is 0 Å². The first-order chi connectivity index (χ1) is 8.58. The molecule has 0 spiro atoms. The zero-order valence-electron chi connectivity index (χ0n) is 10.5. The number of hydrogen-bond donors (Lipinski definition) is 2. The van der Waals surface area contributed by atoms with Crippen molar-refractivity contribution in [3.8, 4) is 0 Å². The summed E-state index contributed by atoms with van der Waals surface area (Å²) in [5, 5.41) is 3.35. The van der Waals surface area contributed by atoms with E-state index < -0.39 is 5.91 Å². The predicted molar refractivity (Wildman–Crippen MR) is 74.2 cm³/mol. The standard InChI is InChI=1S/C15H16N2O/c1-10-4-3-5-11(2)14(10)17-13-8-6-12(7-9-13)15(16)18/h3-9,17H,1-2H3,(H2,16,18). The fourth-order valence-corrected chi connectivity index (χ4v) is 1.87. The van der Waals surface area contributed by atoms with Crippen molar-refractivity contribution in [2.45, 2.75) is 13.8 Å². The van der Waals surface area contributed by atoms with Crippen molar-refractivity contribution in [2.24, 2.45) is 5.73 Å². The molecule has 0 fully saturated rings. The highest BCUT2D eigenvalue weighted by atomic mass is 16.1. The topological polar surface area (TPSA) is 55.1 Å². The third-order valence-corrected chi connectivity index (χ3v) is 2.92. The van der Waals surface area contributed by atoms with E-state index >= 15 is 0 Å². The molecule has 18 heavy (non-hydrogen) atoms. The van der Waals surface area contributed by atoms with E-state index in [1.54, 1.807) is 12.1 Å². The van der Waals surface area contributed by atoms with Gasteiger partial charge in [-0.25, -0.2) is 0 Å². The molecule has 0 aromatic heterocycles. The second-order valence-corrected chi connectivity index (χ2v) is 4.33. The molecule has 3 N–H and O–H groups in total. The van der Waals surface area contributed by atoms with E-state index in [1.807, 2.05) is 18.2 Å². The molecule has 0 aliphatic carbocycles. The summed E-state index contributed by atoms with van der Waals surface area (Å²) in [7, 11) is 0. The van der Waals surface area contributed by atoms with Gasteiger partial charge in [0.1, 0.15) is 0 Å². The molecule has 2 aromatic rings. The van der Waals surface area contributed by atoms with Crippen molar-refractivity contribution in [1.29, 1.82) is 0 Å². The summed E-state index contributed by atoms with van der Waals surface area (Å²) >= 11 is 0. The lowest BCUT2D eigenvalue weighted by Crippen LogP contribution is -2.10. The van der Waals surface area contributed by atoms with Crippen LogP contribution in [0.3, 0.4) is 0 Å². The van der Waals surface area contributed by atoms with Crippen LogP contribution in [-0.2, 0) is 0 Å². The van der Waals surface area contributed by atoms with E-state index in [1.165, 1.54) is 11.1 Å². The number of carbonyl (C=O) groups excluding carboxylic acids is 1. The number of para-hydroxylation sites is 1. The highest BCUT2D eigenvalue weighted by Crippen LogP contribution is 2.24. The Morgan fingerprint density at radius 1 is 1.00 bits per heavy atom. The second-order valence-electron chi connectivity index (χ2n) is 4.33. The highest BCUT2D eigenvalue weighted by Gasteiger charge is 2.03. The molecule has 0 heterocycles. The fourth-order valence-electron chi connectivity index (χ4n) is 1.87. The van der Waals surface area contributed by atoms with Gasteiger partial charge in [0.15, 0.2) is 0 Å². The number of carbonyl (C=O) groups is 1. The van der Waals surface area contributed by atoms with Gasteiger partial charge < -0.3 is 11.1 Å². The molecule has 0 bridgehead atoms. The normalized spacial score (nSPS) is 10.1. The second kappa shape index (κ2) is 4.92. The van der Waals surface area contributed by atoms with Gasteiger partial charge in [-0.1, -0.05) is 18.2 Å².